The van der Waals surface area contributed by atoms with E-state index < -0.39 is 0 Å². The third-order valence-electron chi connectivity index (χ3n) is 3.17. The predicted octanol–water partition coefficient (Wildman–Crippen LogP) is 2.87. The summed E-state index contributed by atoms with van der Waals surface area (Å²) in [6, 6.07) is 9.90. The number of hydrazine groups is 1. The molecule has 0 aliphatic carbocycles. The van der Waals surface area contributed by atoms with Crippen LogP contribution >= 0.6 is 0 Å². The number of aromatic nitrogens is 2. The number of rotatable bonds is 4. The Hall–Kier alpha value is -1.98. The maximum absolute atomic E-state index is 5.52. The number of nitrogens with two attached hydrogens (primary N) is 1. The van der Waals surface area contributed by atoms with Gasteiger partial charge in [-0.2, -0.15) is 0 Å². The highest BCUT2D eigenvalue weighted by Crippen LogP contribution is 2.25. The molecule has 112 valence electrons. The Balaban J connectivity index is 2.42. The van der Waals surface area contributed by atoms with Crippen LogP contribution in [0.4, 0.5) is 5.82 Å². The van der Waals surface area contributed by atoms with Crippen molar-refractivity contribution in [2.75, 3.05) is 12.5 Å². The van der Waals surface area contributed by atoms with Crippen molar-refractivity contribution < 1.29 is 4.74 Å². The lowest BCUT2D eigenvalue weighted by Gasteiger charge is -2.19. The molecule has 21 heavy (non-hydrogen) atoms. The van der Waals surface area contributed by atoms with Crippen LogP contribution in [0.1, 0.15) is 32.0 Å². The van der Waals surface area contributed by atoms with Gasteiger partial charge in [0.1, 0.15) is 5.82 Å². The van der Waals surface area contributed by atoms with Gasteiger partial charge >= 0.3 is 0 Å². The standard InChI is InChI=1S/C16H22N4O/c1-16(2,3)13-9-14(20-17)19-15(18-13)12-7-5-11(6-8-12)10-21-4/h5-9H,10,17H2,1-4H3,(H,18,19,20). The van der Waals surface area contributed by atoms with Gasteiger partial charge in [0.15, 0.2) is 5.82 Å². The van der Waals surface area contributed by atoms with Gasteiger partial charge in [-0.3, -0.25) is 0 Å². The van der Waals surface area contributed by atoms with Crippen molar-refractivity contribution in [2.45, 2.75) is 32.8 Å². The first-order valence-corrected chi connectivity index (χ1v) is 6.88. The molecule has 0 amide bonds. The smallest absolute Gasteiger partial charge is 0.161 e. The molecule has 0 saturated heterocycles. The van der Waals surface area contributed by atoms with Gasteiger partial charge in [-0.05, 0) is 5.56 Å². The lowest BCUT2D eigenvalue weighted by atomic mass is 9.92. The molecule has 0 unspecified atom stereocenters. The van der Waals surface area contributed by atoms with E-state index in [9.17, 15) is 0 Å². The summed E-state index contributed by atoms with van der Waals surface area (Å²) >= 11 is 0. The molecule has 5 heteroatoms. The minimum atomic E-state index is -0.0702. The molecule has 5 nitrogen and oxygen atoms in total. The number of hydrogen-bond acceptors (Lipinski definition) is 5. The van der Waals surface area contributed by atoms with Crippen LogP contribution in [-0.4, -0.2) is 17.1 Å². The fourth-order valence-electron chi connectivity index (χ4n) is 1.95. The first-order chi connectivity index (χ1) is 9.94. The SMILES string of the molecule is COCc1ccc(-c2nc(NN)cc(C(C)(C)C)n2)cc1. The average Bonchev–Trinajstić information content (AvgIpc) is 2.47. The minimum absolute atomic E-state index is 0.0702. The number of nitrogens with one attached hydrogen (secondary N) is 1. The van der Waals surface area contributed by atoms with Crippen molar-refractivity contribution in [1.29, 1.82) is 0 Å². The van der Waals surface area contributed by atoms with Gasteiger partial charge in [0.2, 0.25) is 0 Å². The van der Waals surface area contributed by atoms with Gasteiger partial charge in [-0.25, -0.2) is 15.8 Å². The van der Waals surface area contributed by atoms with Crippen molar-refractivity contribution >= 4 is 5.82 Å². The summed E-state index contributed by atoms with van der Waals surface area (Å²) in [5, 5.41) is 0. The largest absolute Gasteiger partial charge is 0.380 e. The Morgan fingerprint density at radius 2 is 1.81 bits per heavy atom. The van der Waals surface area contributed by atoms with E-state index in [2.05, 4.69) is 36.2 Å². The minimum Gasteiger partial charge on any atom is -0.380 e. The third-order valence-corrected chi connectivity index (χ3v) is 3.17. The van der Waals surface area contributed by atoms with Crippen molar-refractivity contribution in [3.05, 3.63) is 41.6 Å². The molecule has 1 aromatic heterocycles. The molecular formula is C16H22N4O. The normalized spacial score (nSPS) is 11.5. The molecule has 0 saturated carbocycles. The average molecular weight is 286 g/mol. The molecule has 0 aliphatic rings. The number of benzene rings is 1. The summed E-state index contributed by atoms with van der Waals surface area (Å²) in [7, 11) is 1.68. The maximum Gasteiger partial charge on any atom is 0.161 e. The second-order valence-electron chi connectivity index (χ2n) is 5.99. The summed E-state index contributed by atoms with van der Waals surface area (Å²) in [4.78, 5) is 9.09. The summed E-state index contributed by atoms with van der Waals surface area (Å²) in [6.07, 6.45) is 0. The predicted molar refractivity (Wildman–Crippen MR) is 84.7 cm³/mol. The first-order valence-electron chi connectivity index (χ1n) is 6.88. The zero-order valence-corrected chi connectivity index (χ0v) is 13.0. The van der Waals surface area contributed by atoms with E-state index in [-0.39, 0.29) is 5.41 Å². The maximum atomic E-state index is 5.52. The molecular weight excluding hydrogens is 264 g/mol. The van der Waals surface area contributed by atoms with E-state index in [1.807, 2.05) is 30.3 Å². The molecule has 0 atom stereocenters. The zero-order valence-electron chi connectivity index (χ0n) is 13.0. The van der Waals surface area contributed by atoms with Crippen LogP contribution in [0.2, 0.25) is 0 Å². The van der Waals surface area contributed by atoms with Crippen LogP contribution in [0.15, 0.2) is 30.3 Å². The van der Waals surface area contributed by atoms with Crippen molar-refractivity contribution in [3.8, 4) is 11.4 Å². The van der Waals surface area contributed by atoms with Gasteiger partial charge in [0, 0.05) is 24.2 Å². The monoisotopic (exact) mass is 286 g/mol. The number of methoxy groups -OCH3 is 1. The Morgan fingerprint density at radius 1 is 1.14 bits per heavy atom. The van der Waals surface area contributed by atoms with Crippen LogP contribution in [0.5, 0.6) is 0 Å². The van der Waals surface area contributed by atoms with E-state index in [4.69, 9.17) is 10.6 Å². The second-order valence-corrected chi connectivity index (χ2v) is 5.99. The molecule has 1 aromatic carbocycles. The fourth-order valence-corrected chi connectivity index (χ4v) is 1.95. The molecule has 0 radical (unpaired) electrons. The van der Waals surface area contributed by atoms with Gasteiger partial charge < -0.3 is 10.2 Å². The number of nitrogens with zero attached hydrogens (tertiary/aromatic N) is 2. The lowest BCUT2D eigenvalue weighted by molar-refractivity contribution is 0.185. The quantitative estimate of drug-likeness (QED) is 0.668. The molecule has 3 N–H and O–H groups in total. The van der Waals surface area contributed by atoms with Crippen LogP contribution in [0, 0.1) is 0 Å². The van der Waals surface area contributed by atoms with Crippen molar-refractivity contribution in [1.82, 2.24) is 9.97 Å². The number of nitrogen functional groups attached to an aromatic ring is 1. The Kier molecular flexibility index (Phi) is 4.55. The Morgan fingerprint density at radius 3 is 2.33 bits per heavy atom. The second kappa shape index (κ2) is 6.20. The van der Waals surface area contributed by atoms with Gasteiger partial charge in [-0.1, -0.05) is 45.0 Å². The summed E-state index contributed by atoms with van der Waals surface area (Å²) in [6.45, 7) is 6.93. The molecule has 1 heterocycles. The Bertz CT molecular complexity index is 603. The van der Waals surface area contributed by atoms with Crippen LogP contribution in [-0.2, 0) is 16.8 Å². The van der Waals surface area contributed by atoms with Crippen molar-refractivity contribution in [3.63, 3.8) is 0 Å². The highest BCUT2D eigenvalue weighted by Gasteiger charge is 2.18. The highest BCUT2D eigenvalue weighted by atomic mass is 16.5. The van der Waals surface area contributed by atoms with E-state index in [1.54, 1.807) is 7.11 Å². The topological polar surface area (TPSA) is 73.1 Å². The summed E-state index contributed by atoms with van der Waals surface area (Å²) < 4.78 is 5.12. The van der Waals surface area contributed by atoms with E-state index in [1.165, 1.54) is 0 Å². The molecule has 0 bridgehead atoms. The van der Waals surface area contributed by atoms with Crippen molar-refractivity contribution in [2.24, 2.45) is 5.84 Å². The number of hydrogen-bond donors (Lipinski definition) is 2. The van der Waals surface area contributed by atoms with Gasteiger partial charge in [0.25, 0.3) is 0 Å². The first kappa shape index (κ1) is 15.4. The van der Waals surface area contributed by atoms with E-state index >= 15 is 0 Å². The van der Waals surface area contributed by atoms with Crippen LogP contribution in [0.3, 0.4) is 0 Å². The van der Waals surface area contributed by atoms with Gasteiger partial charge in [-0.15, -0.1) is 0 Å². The van der Waals surface area contributed by atoms with E-state index in [0.717, 1.165) is 16.8 Å². The highest BCUT2D eigenvalue weighted by molar-refractivity contribution is 5.58. The molecule has 0 aliphatic heterocycles. The lowest BCUT2D eigenvalue weighted by Crippen LogP contribution is -2.17. The molecule has 0 spiro atoms. The van der Waals surface area contributed by atoms with Gasteiger partial charge in [0.05, 0.1) is 12.3 Å². The molecule has 2 aromatic rings. The van der Waals surface area contributed by atoms with Crippen LogP contribution < -0.4 is 11.3 Å². The third kappa shape index (κ3) is 3.77. The fraction of sp³-hybridized carbons (Fsp3) is 0.375. The number of anilines is 1. The molecule has 2 rings (SSSR count). The summed E-state index contributed by atoms with van der Waals surface area (Å²) in [5.74, 6) is 6.80. The van der Waals surface area contributed by atoms with Crippen LogP contribution in [0.25, 0.3) is 11.4 Å². The molecule has 0 fully saturated rings. The summed E-state index contributed by atoms with van der Waals surface area (Å²) in [5.41, 5.74) is 5.56. The Labute approximate surface area is 125 Å². The zero-order chi connectivity index (χ0) is 15.5. The van der Waals surface area contributed by atoms with E-state index in [0.29, 0.717) is 18.2 Å². The number of ether oxygens (including phenoxy) is 1.